The second-order valence-corrected chi connectivity index (χ2v) is 6.30. The average molecular weight is 333 g/mol. The molecule has 2 aromatic rings. The lowest BCUT2D eigenvalue weighted by Crippen LogP contribution is -1.95. The molecule has 0 fully saturated rings. The first kappa shape index (κ1) is 15.1. The van der Waals surface area contributed by atoms with E-state index in [1.807, 2.05) is 12.1 Å². The van der Waals surface area contributed by atoms with Gasteiger partial charge in [-0.3, -0.25) is 0 Å². The third-order valence-electron chi connectivity index (χ3n) is 3.74. The summed E-state index contributed by atoms with van der Waals surface area (Å²) in [6, 6.07) is 15.0. The fourth-order valence-corrected chi connectivity index (χ4v) is 2.73. The number of benzene rings is 2. The summed E-state index contributed by atoms with van der Waals surface area (Å²) in [4.78, 5) is 0.406. The molecule has 1 atom stereocenters. The third-order valence-corrected chi connectivity index (χ3v) is 4.72. The van der Waals surface area contributed by atoms with Crippen molar-refractivity contribution < 1.29 is 4.74 Å². The van der Waals surface area contributed by atoms with E-state index < -0.39 is 0 Å². The Hall–Kier alpha value is -1.28. The minimum Gasteiger partial charge on any atom is -0.497 e. The number of aryl methyl sites for hydroxylation is 3. The van der Waals surface area contributed by atoms with Crippen molar-refractivity contribution in [2.75, 3.05) is 7.11 Å². The van der Waals surface area contributed by atoms with Crippen LogP contribution in [-0.4, -0.2) is 7.11 Å². The van der Waals surface area contributed by atoms with Gasteiger partial charge >= 0.3 is 0 Å². The van der Waals surface area contributed by atoms with Crippen LogP contribution in [0.5, 0.6) is 5.75 Å². The maximum atomic E-state index is 5.18. The van der Waals surface area contributed by atoms with Crippen molar-refractivity contribution in [1.29, 1.82) is 0 Å². The Bertz CT molecular complexity index is 560. The standard InChI is InChI=1S/C18H21BrO/c1-13-4-8-16(12-14(13)2)18(19)11-7-15-5-9-17(20-3)10-6-15/h4-6,8-10,12,18H,7,11H2,1-3H3. The molecule has 0 aliphatic rings. The van der Waals surface area contributed by atoms with Crippen LogP contribution in [0.1, 0.15) is 33.5 Å². The van der Waals surface area contributed by atoms with Gasteiger partial charge in [0.25, 0.3) is 0 Å². The molecule has 0 N–H and O–H groups in total. The van der Waals surface area contributed by atoms with Crippen molar-refractivity contribution in [2.45, 2.75) is 31.5 Å². The number of alkyl halides is 1. The van der Waals surface area contributed by atoms with Gasteiger partial charge in [0.05, 0.1) is 7.11 Å². The van der Waals surface area contributed by atoms with Gasteiger partial charge in [-0.15, -0.1) is 0 Å². The molecule has 0 amide bonds. The van der Waals surface area contributed by atoms with Crippen molar-refractivity contribution in [2.24, 2.45) is 0 Å². The highest BCUT2D eigenvalue weighted by Crippen LogP contribution is 2.29. The molecule has 0 aliphatic heterocycles. The molecule has 0 saturated heterocycles. The van der Waals surface area contributed by atoms with E-state index in [0.29, 0.717) is 4.83 Å². The van der Waals surface area contributed by atoms with Gasteiger partial charge in [0.15, 0.2) is 0 Å². The zero-order valence-electron chi connectivity index (χ0n) is 12.3. The van der Waals surface area contributed by atoms with Crippen LogP contribution in [0.2, 0.25) is 0 Å². The Kier molecular flexibility index (Phi) is 5.24. The van der Waals surface area contributed by atoms with E-state index in [1.54, 1.807) is 7.11 Å². The van der Waals surface area contributed by atoms with Crippen LogP contribution in [0.15, 0.2) is 42.5 Å². The fourth-order valence-electron chi connectivity index (χ4n) is 2.21. The number of rotatable bonds is 5. The van der Waals surface area contributed by atoms with Crippen molar-refractivity contribution in [3.8, 4) is 5.75 Å². The quantitative estimate of drug-likeness (QED) is 0.668. The predicted molar refractivity (Wildman–Crippen MR) is 88.9 cm³/mol. The summed E-state index contributed by atoms with van der Waals surface area (Å²) < 4.78 is 5.18. The highest BCUT2D eigenvalue weighted by Gasteiger charge is 2.08. The molecular weight excluding hydrogens is 312 g/mol. The van der Waals surface area contributed by atoms with Crippen molar-refractivity contribution in [3.63, 3.8) is 0 Å². The van der Waals surface area contributed by atoms with E-state index in [1.165, 1.54) is 22.3 Å². The lowest BCUT2D eigenvalue weighted by atomic mass is 10.0. The minimum atomic E-state index is 0.406. The van der Waals surface area contributed by atoms with Crippen LogP contribution in [-0.2, 0) is 6.42 Å². The van der Waals surface area contributed by atoms with Crippen LogP contribution in [0, 0.1) is 13.8 Å². The van der Waals surface area contributed by atoms with Crippen molar-refractivity contribution in [3.05, 3.63) is 64.7 Å². The zero-order valence-corrected chi connectivity index (χ0v) is 13.9. The van der Waals surface area contributed by atoms with Gasteiger partial charge in [-0.1, -0.05) is 46.3 Å². The fraction of sp³-hybridized carbons (Fsp3) is 0.333. The molecule has 0 saturated carbocycles. The van der Waals surface area contributed by atoms with Crippen molar-refractivity contribution in [1.82, 2.24) is 0 Å². The van der Waals surface area contributed by atoms with Crippen molar-refractivity contribution >= 4 is 15.9 Å². The number of ether oxygens (including phenoxy) is 1. The molecule has 106 valence electrons. The summed E-state index contributed by atoms with van der Waals surface area (Å²) in [6.07, 6.45) is 2.15. The number of halogens is 1. The van der Waals surface area contributed by atoms with Crippen LogP contribution < -0.4 is 4.74 Å². The van der Waals surface area contributed by atoms with E-state index in [0.717, 1.165) is 18.6 Å². The first-order valence-corrected chi connectivity index (χ1v) is 7.86. The largest absolute Gasteiger partial charge is 0.497 e. The highest BCUT2D eigenvalue weighted by atomic mass is 79.9. The Labute approximate surface area is 130 Å². The number of hydrogen-bond acceptors (Lipinski definition) is 1. The summed E-state index contributed by atoms with van der Waals surface area (Å²) in [5.74, 6) is 0.915. The van der Waals surface area contributed by atoms with Gasteiger partial charge in [-0.2, -0.15) is 0 Å². The maximum Gasteiger partial charge on any atom is 0.118 e. The highest BCUT2D eigenvalue weighted by molar-refractivity contribution is 9.09. The molecule has 2 rings (SSSR count). The number of methoxy groups -OCH3 is 1. The SMILES string of the molecule is COc1ccc(CCC(Br)c2ccc(C)c(C)c2)cc1. The smallest absolute Gasteiger partial charge is 0.118 e. The average Bonchev–Trinajstić information content (AvgIpc) is 2.48. The summed E-state index contributed by atoms with van der Waals surface area (Å²) in [5.41, 5.74) is 5.42. The summed E-state index contributed by atoms with van der Waals surface area (Å²) in [6.45, 7) is 4.32. The molecule has 0 bridgehead atoms. The number of hydrogen-bond donors (Lipinski definition) is 0. The molecule has 2 aromatic carbocycles. The summed E-state index contributed by atoms with van der Waals surface area (Å²) >= 11 is 3.81. The molecule has 0 radical (unpaired) electrons. The molecule has 1 unspecified atom stereocenters. The van der Waals surface area contributed by atoms with Gasteiger partial charge in [0.1, 0.15) is 5.75 Å². The molecule has 0 spiro atoms. The minimum absolute atomic E-state index is 0.406. The van der Waals surface area contributed by atoms with E-state index in [2.05, 4.69) is 60.1 Å². The molecule has 0 aromatic heterocycles. The molecule has 0 aliphatic carbocycles. The lowest BCUT2D eigenvalue weighted by Gasteiger charge is -2.12. The molecular formula is C18H21BrO. The van der Waals surface area contributed by atoms with Gasteiger partial charge in [-0.25, -0.2) is 0 Å². The first-order valence-electron chi connectivity index (χ1n) is 6.94. The predicted octanol–water partition coefficient (Wildman–Crippen LogP) is 5.38. The third kappa shape index (κ3) is 3.86. The van der Waals surface area contributed by atoms with Gasteiger partial charge < -0.3 is 4.74 Å². The summed E-state index contributed by atoms with van der Waals surface area (Å²) in [7, 11) is 1.70. The Balaban J connectivity index is 1.96. The molecule has 1 nitrogen and oxygen atoms in total. The van der Waals surface area contributed by atoms with E-state index in [4.69, 9.17) is 4.74 Å². The maximum absolute atomic E-state index is 5.18. The van der Waals surface area contributed by atoms with Gasteiger partial charge in [0, 0.05) is 4.83 Å². The summed E-state index contributed by atoms with van der Waals surface area (Å²) in [5, 5.41) is 0. The normalized spacial score (nSPS) is 12.2. The second kappa shape index (κ2) is 6.94. The van der Waals surface area contributed by atoms with E-state index >= 15 is 0 Å². The van der Waals surface area contributed by atoms with Crippen LogP contribution in [0.25, 0.3) is 0 Å². The van der Waals surface area contributed by atoms with Crippen LogP contribution in [0.3, 0.4) is 0 Å². The zero-order chi connectivity index (χ0) is 14.5. The van der Waals surface area contributed by atoms with E-state index in [-0.39, 0.29) is 0 Å². The van der Waals surface area contributed by atoms with Gasteiger partial charge in [0.2, 0.25) is 0 Å². The lowest BCUT2D eigenvalue weighted by molar-refractivity contribution is 0.414. The molecule has 20 heavy (non-hydrogen) atoms. The first-order chi connectivity index (χ1) is 9.60. The Morgan fingerprint density at radius 3 is 2.30 bits per heavy atom. The van der Waals surface area contributed by atoms with Crippen LogP contribution >= 0.6 is 15.9 Å². The van der Waals surface area contributed by atoms with Crippen LogP contribution in [0.4, 0.5) is 0 Å². The van der Waals surface area contributed by atoms with E-state index in [9.17, 15) is 0 Å². The molecule has 0 heterocycles. The monoisotopic (exact) mass is 332 g/mol. The Morgan fingerprint density at radius 1 is 1.00 bits per heavy atom. The second-order valence-electron chi connectivity index (χ2n) is 5.20. The Morgan fingerprint density at radius 2 is 1.70 bits per heavy atom. The van der Waals surface area contributed by atoms with Gasteiger partial charge in [-0.05, 0) is 61.1 Å². The molecule has 2 heteroatoms. The topological polar surface area (TPSA) is 9.23 Å².